The molecule has 3 rings (SSSR count). The molecule has 1 aliphatic carbocycles. The van der Waals surface area contributed by atoms with Crippen molar-refractivity contribution in [3.63, 3.8) is 0 Å². The van der Waals surface area contributed by atoms with E-state index in [-0.39, 0.29) is 0 Å². The number of nitrogens with two attached hydrogens (primary N) is 1. The molecule has 22 heavy (non-hydrogen) atoms. The highest BCUT2D eigenvalue weighted by molar-refractivity contribution is 6.32. The molecule has 0 unspecified atom stereocenters. The normalized spacial score (nSPS) is 20.5. The Bertz CT molecular complexity index is 668. The number of aromatic nitrogens is 3. The maximum atomic E-state index is 6.16. The van der Waals surface area contributed by atoms with E-state index in [9.17, 15) is 0 Å². The van der Waals surface area contributed by atoms with Gasteiger partial charge in [0.1, 0.15) is 23.9 Å². The Balaban J connectivity index is 1.67. The molecule has 1 aliphatic rings. The Morgan fingerprint density at radius 2 is 2.14 bits per heavy atom. The minimum atomic E-state index is 0.291. The predicted molar refractivity (Wildman–Crippen MR) is 83.3 cm³/mol. The summed E-state index contributed by atoms with van der Waals surface area (Å²) in [6, 6.07) is 5.59. The van der Waals surface area contributed by atoms with Gasteiger partial charge in [0.15, 0.2) is 5.82 Å². The lowest BCUT2D eigenvalue weighted by molar-refractivity contribution is 0.288. The second-order valence-electron chi connectivity index (χ2n) is 5.55. The van der Waals surface area contributed by atoms with Crippen molar-refractivity contribution in [2.45, 2.75) is 31.4 Å². The molecule has 118 valence electrons. The molecule has 7 heteroatoms. The van der Waals surface area contributed by atoms with Crippen LogP contribution in [0.2, 0.25) is 5.02 Å². The van der Waals surface area contributed by atoms with E-state index in [2.05, 4.69) is 10.2 Å². The van der Waals surface area contributed by atoms with Crippen molar-refractivity contribution < 1.29 is 9.47 Å². The molecule has 0 spiro atoms. The summed E-state index contributed by atoms with van der Waals surface area (Å²) < 4.78 is 12.8. The smallest absolute Gasteiger partial charge is 0.170 e. The highest BCUT2D eigenvalue weighted by Gasteiger charge is 2.31. The number of hydrogen-bond acceptors (Lipinski definition) is 5. The molecule has 1 fully saturated rings. The van der Waals surface area contributed by atoms with E-state index in [1.165, 1.54) is 0 Å². The number of halogens is 1. The number of nitrogens with zero attached hydrogens (tertiary/aromatic N) is 3. The van der Waals surface area contributed by atoms with E-state index in [0.29, 0.717) is 35.1 Å². The minimum absolute atomic E-state index is 0.291. The quantitative estimate of drug-likeness (QED) is 0.914. The molecule has 1 saturated carbocycles. The lowest BCUT2D eigenvalue weighted by atomic mass is 9.80. The van der Waals surface area contributed by atoms with E-state index < -0.39 is 0 Å². The van der Waals surface area contributed by atoms with Crippen LogP contribution >= 0.6 is 11.6 Å². The molecular formula is C15H19ClN4O2. The number of rotatable bonds is 5. The van der Waals surface area contributed by atoms with Crippen LogP contribution in [-0.2, 0) is 13.7 Å². The number of methoxy groups -OCH3 is 1. The molecule has 0 atom stereocenters. The molecule has 0 bridgehead atoms. The van der Waals surface area contributed by atoms with Gasteiger partial charge in [0, 0.05) is 25.1 Å². The summed E-state index contributed by atoms with van der Waals surface area (Å²) in [6.07, 6.45) is 1.94. The summed E-state index contributed by atoms with van der Waals surface area (Å²) in [5.41, 5.74) is 5.83. The fourth-order valence-corrected chi connectivity index (χ4v) is 2.82. The molecule has 2 N–H and O–H groups in total. The molecule has 2 aromatic rings. The third kappa shape index (κ3) is 2.89. The highest BCUT2D eigenvalue weighted by atomic mass is 35.5. The summed E-state index contributed by atoms with van der Waals surface area (Å²) in [5, 5.41) is 8.97. The fourth-order valence-electron chi connectivity index (χ4n) is 2.60. The number of hydrogen-bond donors (Lipinski definition) is 1. The van der Waals surface area contributed by atoms with Crippen LogP contribution in [0.5, 0.6) is 11.5 Å². The van der Waals surface area contributed by atoms with Gasteiger partial charge in [-0.05, 0) is 25.0 Å². The van der Waals surface area contributed by atoms with Crippen LogP contribution in [0.25, 0.3) is 0 Å². The standard InChI is InChI=1S/C15H19ClN4O2/c1-20-14(18-19-15(20)9-5-10(17)6-9)8-22-13-4-3-11(21-2)7-12(13)16/h3-4,7,9-10H,5-6,8,17H2,1-2H3. The van der Waals surface area contributed by atoms with Crippen molar-refractivity contribution >= 4 is 11.6 Å². The van der Waals surface area contributed by atoms with Crippen LogP contribution in [0.3, 0.4) is 0 Å². The lowest BCUT2D eigenvalue weighted by Crippen LogP contribution is -2.36. The van der Waals surface area contributed by atoms with Crippen molar-refractivity contribution in [1.82, 2.24) is 14.8 Å². The molecule has 1 heterocycles. The lowest BCUT2D eigenvalue weighted by Gasteiger charge is -2.31. The van der Waals surface area contributed by atoms with E-state index in [1.807, 2.05) is 11.6 Å². The Labute approximate surface area is 134 Å². The van der Waals surface area contributed by atoms with Crippen molar-refractivity contribution in [3.8, 4) is 11.5 Å². The third-order valence-electron chi connectivity index (χ3n) is 4.03. The maximum absolute atomic E-state index is 6.16. The summed E-state index contributed by atoms with van der Waals surface area (Å²) in [7, 11) is 3.55. The van der Waals surface area contributed by atoms with Crippen molar-refractivity contribution in [3.05, 3.63) is 34.9 Å². The largest absolute Gasteiger partial charge is 0.497 e. The van der Waals surface area contributed by atoms with E-state index in [0.717, 1.165) is 24.5 Å². The van der Waals surface area contributed by atoms with Crippen LogP contribution in [-0.4, -0.2) is 27.9 Å². The molecular weight excluding hydrogens is 304 g/mol. The summed E-state index contributed by atoms with van der Waals surface area (Å²) in [4.78, 5) is 0. The maximum Gasteiger partial charge on any atom is 0.170 e. The van der Waals surface area contributed by atoms with E-state index >= 15 is 0 Å². The van der Waals surface area contributed by atoms with Crippen LogP contribution < -0.4 is 15.2 Å². The summed E-state index contributed by atoms with van der Waals surface area (Å²) >= 11 is 6.16. The predicted octanol–water partition coefficient (Wildman–Crippen LogP) is 2.26. The first-order chi connectivity index (χ1) is 10.6. The molecule has 1 aromatic heterocycles. The fraction of sp³-hybridized carbons (Fsp3) is 0.467. The minimum Gasteiger partial charge on any atom is -0.497 e. The van der Waals surface area contributed by atoms with Gasteiger partial charge in [0.05, 0.1) is 12.1 Å². The Morgan fingerprint density at radius 3 is 2.77 bits per heavy atom. The van der Waals surface area contributed by atoms with E-state index in [1.54, 1.807) is 25.3 Å². The first-order valence-electron chi connectivity index (χ1n) is 7.18. The molecule has 6 nitrogen and oxygen atoms in total. The van der Waals surface area contributed by atoms with Gasteiger partial charge in [-0.1, -0.05) is 11.6 Å². The van der Waals surface area contributed by atoms with Gasteiger partial charge in [-0.15, -0.1) is 10.2 Å². The van der Waals surface area contributed by atoms with Crippen LogP contribution in [0.1, 0.15) is 30.4 Å². The molecule has 0 saturated heterocycles. The average molecular weight is 323 g/mol. The van der Waals surface area contributed by atoms with Crippen molar-refractivity contribution in [2.24, 2.45) is 12.8 Å². The van der Waals surface area contributed by atoms with Gasteiger partial charge in [-0.3, -0.25) is 0 Å². The average Bonchev–Trinajstić information content (AvgIpc) is 2.83. The Morgan fingerprint density at radius 1 is 1.36 bits per heavy atom. The van der Waals surface area contributed by atoms with Crippen LogP contribution in [0.15, 0.2) is 18.2 Å². The first-order valence-corrected chi connectivity index (χ1v) is 7.56. The number of ether oxygens (including phenoxy) is 2. The second-order valence-corrected chi connectivity index (χ2v) is 5.95. The van der Waals surface area contributed by atoms with Gasteiger partial charge in [0.25, 0.3) is 0 Å². The second kappa shape index (κ2) is 6.14. The van der Waals surface area contributed by atoms with Crippen LogP contribution in [0.4, 0.5) is 0 Å². The van der Waals surface area contributed by atoms with Gasteiger partial charge >= 0.3 is 0 Å². The first kappa shape index (κ1) is 15.1. The van der Waals surface area contributed by atoms with E-state index in [4.69, 9.17) is 26.8 Å². The van der Waals surface area contributed by atoms with Gasteiger partial charge in [-0.25, -0.2) is 0 Å². The Hall–Kier alpha value is -1.79. The molecule has 0 aliphatic heterocycles. The zero-order valence-electron chi connectivity index (χ0n) is 12.6. The third-order valence-corrected chi connectivity index (χ3v) is 4.33. The highest BCUT2D eigenvalue weighted by Crippen LogP contribution is 2.34. The van der Waals surface area contributed by atoms with Gasteiger partial charge in [-0.2, -0.15) is 0 Å². The van der Waals surface area contributed by atoms with Gasteiger partial charge in [0.2, 0.25) is 0 Å². The number of benzene rings is 1. The monoisotopic (exact) mass is 322 g/mol. The van der Waals surface area contributed by atoms with Crippen molar-refractivity contribution in [2.75, 3.05) is 7.11 Å². The SMILES string of the molecule is COc1ccc(OCc2nnc(C3CC(N)C3)n2C)c(Cl)c1. The zero-order valence-corrected chi connectivity index (χ0v) is 13.4. The van der Waals surface area contributed by atoms with Crippen LogP contribution in [0, 0.1) is 0 Å². The van der Waals surface area contributed by atoms with Crippen molar-refractivity contribution in [1.29, 1.82) is 0 Å². The topological polar surface area (TPSA) is 75.2 Å². The van der Waals surface area contributed by atoms with Gasteiger partial charge < -0.3 is 19.8 Å². The summed E-state index contributed by atoms with van der Waals surface area (Å²) in [6.45, 7) is 0.314. The Kier molecular flexibility index (Phi) is 4.22. The molecule has 0 amide bonds. The summed E-state index contributed by atoms with van der Waals surface area (Å²) in [5.74, 6) is 3.44. The molecule has 0 radical (unpaired) electrons. The molecule has 1 aromatic carbocycles. The zero-order chi connectivity index (χ0) is 15.7.